The minimum Gasteiger partial charge on any atom is -0.358 e. The molecule has 0 saturated carbocycles. The molecule has 1 N–H and O–H groups in total. The van der Waals surface area contributed by atoms with Crippen molar-refractivity contribution >= 4 is 28.1 Å². The highest BCUT2D eigenvalue weighted by atomic mass is 32.1. The highest BCUT2D eigenvalue weighted by Gasteiger charge is 2.27. The number of aryl methyl sites for hydroxylation is 1. The second kappa shape index (κ2) is 7.47. The summed E-state index contributed by atoms with van der Waals surface area (Å²) in [5.41, 5.74) is 3.39. The molecule has 1 aliphatic heterocycles. The number of piperidine rings is 1. The lowest BCUT2D eigenvalue weighted by atomic mass is 9.93. The van der Waals surface area contributed by atoms with Crippen molar-refractivity contribution < 1.29 is 4.79 Å². The first-order valence-corrected chi connectivity index (χ1v) is 10.7. The number of likely N-dealkylation sites (tertiary alicyclic amines) is 1. The third kappa shape index (κ3) is 3.79. The molecule has 0 aliphatic carbocycles. The minimum atomic E-state index is 0.162. The van der Waals surface area contributed by atoms with Crippen LogP contribution in [0.25, 0.3) is 10.9 Å². The van der Waals surface area contributed by atoms with Crippen LogP contribution in [0.5, 0.6) is 0 Å². The quantitative estimate of drug-likeness (QED) is 0.679. The van der Waals surface area contributed by atoms with Gasteiger partial charge >= 0.3 is 0 Å². The number of carbonyl (C=O) groups is 1. The highest BCUT2D eigenvalue weighted by Crippen LogP contribution is 2.31. The van der Waals surface area contributed by atoms with E-state index in [2.05, 4.69) is 54.1 Å². The molecule has 1 saturated heterocycles. The minimum absolute atomic E-state index is 0.162. The summed E-state index contributed by atoms with van der Waals surface area (Å²) in [5.74, 6) is 1.22. The SMILES string of the molecule is Cc1nc(CC(C)C)sc1C(=O)N1CCC(c2cc3ccccc3[nH]2)CC1. The first kappa shape index (κ1) is 18.2. The Kier molecular flexibility index (Phi) is 5.04. The topological polar surface area (TPSA) is 49.0 Å². The van der Waals surface area contributed by atoms with Crippen LogP contribution in [0.15, 0.2) is 30.3 Å². The number of carbonyl (C=O) groups excluding carboxylic acids is 1. The summed E-state index contributed by atoms with van der Waals surface area (Å²) in [4.78, 5) is 24.0. The van der Waals surface area contributed by atoms with Crippen LogP contribution in [0, 0.1) is 12.8 Å². The molecule has 5 heteroatoms. The number of H-pyrrole nitrogens is 1. The summed E-state index contributed by atoms with van der Waals surface area (Å²) in [6.07, 6.45) is 2.96. The zero-order valence-electron chi connectivity index (χ0n) is 16.3. The van der Waals surface area contributed by atoms with E-state index in [9.17, 15) is 4.79 Å². The zero-order chi connectivity index (χ0) is 19.0. The lowest BCUT2D eigenvalue weighted by Crippen LogP contribution is -2.37. The van der Waals surface area contributed by atoms with E-state index in [0.717, 1.165) is 47.9 Å². The van der Waals surface area contributed by atoms with E-state index < -0.39 is 0 Å². The molecular formula is C22H27N3OS. The van der Waals surface area contributed by atoms with Crippen LogP contribution >= 0.6 is 11.3 Å². The van der Waals surface area contributed by atoms with Crippen LogP contribution in [0.3, 0.4) is 0 Å². The molecule has 1 amide bonds. The van der Waals surface area contributed by atoms with Crippen LogP contribution in [-0.4, -0.2) is 33.9 Å². The van der Waals surface area contributed by atoms with E-state index in [4.69, 9.17) is 0 Å². The van der Waals surface area contributed by atoms with E-state index in [-0.39, 0.29) is 5.91 Å². The van der Waals surface area contributed by atoms with Gasteiger partial charge in [0.2, 0.25) is 0 Å². The number of amides is 1. The molecular weight excluding hydrogens is 354 g/mol. The number of benzene rings is 1. The first-order chi connectivity index (χ1) is 13.0. The summed E-state index contributed by atoms with van der Waals surface area (Å²) in [5, 5.41) is 2.35. The molecule has 3 heterocycles. The Morgan fingerprint density at radius 1 is 1.30 bits per heavy atom. The zero-order valence-corrected chi connectivity index (χ0v) is 17.1. The molecule has 1 aliphatic rings. The van der Waals surface area contributed by atoms with Gasteiger partial charge < -0.3 is 9.88 Å². The monoisotopic (exact) mass is 381 g/mol. The van der Waals surface area contributed by atoms with Gasteiger partial charge in [0.1, 0.15) is 4.88 Å². The lowest BCUT2D eigenvalue weighted by Gasteiger charge is -2.31. The molecule has 2 aromatic heterocycles. The number of hydrogen-bond acceptors (Lipinski definition) is 3. The van der Waals surface area contributed by atoms with E-state index in [1.807, 2.05) is 11.8 Å². The molecule has 1 fully saturated rings. The fourth-order valence-corrected chi connectivity index (χ4v) is 5.18. The molecule has 142 valence electrons. The van der Waals surface area contributed by atoms with Crippen molar-refractivity contribution in [2.45, 2.75) is 46.0 Å². The largest absolute Gasteiger partial charge is 0.358 e. The number of fused-ring (bicyclic) bond motifs is 1. The van der Waals surface area contributed by atoms with Gasteiger partial charge in [0.05, 0.1) is 10.7 Å². The smallest absolute Gasteiger partial charge is 0.265 e. The third-order valence-corrected chi connectivity index (χ3v) is 6.56. The Morgan fingerprint density at radius 2 is 2.04 bits per heavy atom. The number of para-hydroxylation sites is 1. The average Bonchev–Trinajstić information content (AvgIpc) is 3.24. The number of aromatic amines is 1. The molecule has 0 unspecified atom stereocenters. The van der Waals surface area contributed by atoms with Gasteiger partial charge in [-0.05, 0) is 43.2 Å². The standard InChI is InChI=1S/C22H27N3OS/c1-14(2)12-20-23-15(3)21(27-20)22(26)25-10-8-16(9-11-25)19-13-17-6-4-5-7-18(17)24-19/h4-7,13-14,16,24H,8-12H2,1-3H3. The van der Waals surface area contributed by atoms with E-state index in [1.165, 1.54) is 16.6 Å². The summed E-state index contributed by atoms with van der Waals surface area (Å²) >= 11 is 1.58. The van der Waals surface area contributed by atoms with Gasteiger partial charge in [-0.2, -0.15) is 0 Å². The molecule has 0 bridgehead atoms. The lowest BCUT2D eigenvalue weighted by molar-refractivity contribution is 0.0716. The number of rotatable bonds is 4. The van der Waals surface area contributed by atoms with Crippen LogP contribution in [0.1, 0.15) is 58.7 Å². The Bertz CT molecular complexity index is 915. The van der Waals surface area contributed by atoms with Crippen molar-refractivity contribution in [1.29, 1.82) is 0 Å². The first-order valence-electron chi connectivity index (χ1n) is 9.84. The van der Waals surface area contributed by atoms with Crippen molar-refractivity contribution in [3.05, 3.63) is 51.6 Å². The van der Waals surface area contributed by atoms with Crippen LogP contribution in [-0.2, 0) is 6.42 Å². The normalized spacial score (nSPS) is 15.8. The van der Waals surface area contributed by atoms with E-state index in [1.54, 1.807) is 11.3 Å². The number of thiazole rings is 1. The molecule has 0 spiro atoms. The molecule has 27 heavy (non-hydrogen) atoms. The van der Waals surface area contributed by atoms with Crippen LogP contribution < -0.4 is 0 Å². The fourth-order valence-electron chi connectivity index (χ4n) is 3.94. The van der Waals surface area contributed by atoms with E-state index in [0.29, 0.717) is 11.8 Å². The second-order valence-electron chi connectivity index (χ2n) is 8.00. The maximum atomic E-state index is 13.0. The van der Waals surface area contributed by atoms with Gasteiger partial charge in [-0.15, -0.1) is 11.3 Å². The highest BCUT2D eigenvalue weighted by molar-refractivity contribution is 7.13. The number of nitrogens with zero attached hydrogens (tertiary/aromatic N) is 2. The predicted molar refractivity (Wildman–Crippen MR) is 112 cm³/mol. The Morgan fingerprint density at radius 3 is 2.74 bits per heavy atom. The molecule has 0 radical (unpaired) electrons. The molecule has 4 nitrogen and oxygen atoms in total. The van der Waals surface area contributed by atoms with Gasteiger partial charge in [0.25, 0.3) is 5.91 Å². The number of nitrogens with one attached hydrogen (secondary N) is 1. The van der Waals surface area contributed by atoms with E-state index >= 15 is 0 Å². The maximum Gasteiger partial charge on any atom is 0.265 e. The Hall–Kier alpha value is -2.14. The summed E-state index contributed by atoms with van der Waals surface area (Å²) in [6.45, 7) is 7.97. The average molecular weight is 382 g/mol. The van der Waals surface area contributed by atoms with Gasteiger partial charge in [0.15, 0.2) is 0 Å². The maximum absolute atomic E-state index is 13.0. The number of hydrogen-bond donors (Lipinski definition) is 1. The molecule has 0 atom stereocenters. The Labute approximate surface area is 164 Å². The van der Waals surface area contributed by atoms with Gasteiger partial charge in [-0.25, -0.2) is 4.98 Å². The van der Waals surface area contributed by atoms with Gasteiger partial charge in [-0.3, -0.25) is 4.79 Å². The van der Waals surface area contributed by atoms with Crippen molar-refractivity contribution in [3.8, 4) is 0 Å². The van der Waals surface area contributed by atoms with Gasteiger partial charge in [0, 0.05) is 36.6 Å². The molecule has 3 aromatic rings. The Balaban J connectivity index is 1.43. The third-order valence-electron chi connectivity index (χ3n) is 5.39. The summed E-state index contributed by atoms with van der Waals surface area (Å²) < 4.78 is 0. The van der Waals surface area contributed by atoms with Gasteiger partial charge in [-0.1, -0.05) is 32.0 Å². The van der Waals surface area contributed by atoms with Crippen molar-refractivity contribution in [2.24, 2.45) is 5.92 Å². The fraction of sp³-hybridized carbons (Fsp3) is 0.455. The summed E-state index contributed by atoms with van der Waals surface area (Å²) in [6, 6.07) is 10.7. The second-order valence-corrected chi connectivity index (χ2v) is 9.08. The van der Waals surface area contributed by atoms with Crippen LogP contribution in [0.4, 0.5) is 0 Å². The van der Waals surface area contributed by atoms with Crippen molar-refractivity contribution in [3.63, 3.8) is 0 Å². The van der Waals surface area contributed by atoms with Crippen molar-refractivity contribution in [1.82, 2.24) is 14.9 Å². The van der Waals surface area contributed by atoms with Crippen LogP contribution in [0.2, 0.25) is 0 Å². The molecule has 1 aromatic carbocycles. The predicted octanol–water partition coefficient (Wildman–Crippen LogP) is 5.15. The molecule has 4 rings (SSSR count). The number of aromatic nitrogens is 2. The summed E-state index contributed by atoms with van der Waals surface area (Å²) in [7, 11) is 0. The van der Waals surface area contributed by atoms with Crippen molar-refractivity contribution in [2.75, 3.05) is 13.1 Å².